The SMILES string of the molecule is COc1ccc(Cl)cc1NC(=O)[C@H](CCSC)NC(=O)c1ccc(C)cc1. The molecule has 27 heavy (non-hydrogen) atoms. The average molecular weight is 407 g/mol. The van der Waals surface area contributed by atoms with Gasteiger partial charge in [0.15, 0.2) is 0 Å². The van der Waals surface area contributed by atoms with Crippen LogP contribution in [0, 0.1) is 6.92 Å². The van der Waals surface area contributed by atoms with Crippen LogP contribution in [0.3, 0.4) is 0 Å². The first kappa shape index (κ1) is 21.1. The van der Waals surface area contributed by atoms with Gasteiger partial charge in [-0.15, -0.1) is 0 Å². The molecule has 144 valence electrons. The number of carbonyl (C=O) groups is 2. The van der Waals surface area contributed by atoms with Crippen molar-refractivity contribution in [2.24, 2.45) is 0 Å². The molecule has 2 rings (SSSR count). The van der Waals surface area contributed by atoms with Crippen LogP contribution < -0.4 is 15.4 Å². The van der Waals surface area contributed by atoms with Gasteiger partial charge >= 0.3 is 0 Å². The summed E-state index contributed by atoms with van der Waals surface area (Å²) in [4.78, 5) is 25.3. The Morgan fingerprint density at radius 1 is 1.19 bits per heavy atom. The van der Waals surface area contributed by atoms with Crippen LogP contribution in [0.2, 0.25) is 5.02 Å². The first-order valence-electron chi connectivity index (χ1n) is 8.45. The zero-order valence-corrected chi connectivity index (χ0v) is 17.1. The number of nitrogens with one attached hydrogen (secondary N) is 2. The van der Waals surface area contributed by atoms with Crippen molar-refractivity contribution in [3.63, 3.8) is 0 Å². The number of thioether (sulfide) groups is 1. The van der Waals surface area contributed by atoms with E-state index in [1.165, 1.54) is 7.11 Å². The second-order valence-electron chi connectivity index (χ2n) is 6.01. The number of anilines is 1. The highest BCUT2D eigenvalue weighted by Gasteiger charge is 2.22. The smallest absolute Gasteiger partial charge is 0.251 e. The number of methoxy groups -OCH3 is 1. The Morgan fingerprint density at radius 2 is 1.89 bits per heavy atom. The maximum Gasteiger partial charge on any atom is 0.251 e. The van der Waals surface area contributed by atoms with E-state index in [2.05, 4.69) is 10.6 Å². The number of hydrogen-bond donors (Lipinski definition) is 2. The van der Waals surface area contributed by atoms with E-state index in [9.17, 15) is 9.59 Å². The molecule has 2 aromatic carbocycles. The van der Waals surface area contributed by atoms with Crippen LogP contribution in [0.5, 0.6) is 5.75 Å². The van der Waals surface area contributed by atoms with Gasteiger partial charge in [-0.05, 0) is 55.7 Å². The molecular weight excluding hydrogens is 384 g/mol. The van der Waals surface area contributed by atoms with Crippen molar-refractivity contribution in [3.8, 4) is 5.75 Å². The summed E-state index contributed by atoms with van der Waals surface area (Å²) >= 11 is 7.63. The van der Waals surface area contributed by atoms with Gasteiger partial charge in [-0.25, -0.2) is 0 Å². The molecule has 1 atom stereocenters. The number of benzene rings is 2. The largest absolute Gasteiger partial charge is 0.495 e. The van der Waals surface area contributed by atoms with Gasteiger partial charge in [0.25, 0.3) is 5.91 Å². The van der Waals surface area contributed by atoms with Crippen LogP contribution in [-0.4, -0.2) is 37.0 Å². The van der Waals surface area contributed by atoms with E-state index in [0.29, 0.717) is 28.4 Å². The second-order valence-corrected chi connectivity index (χ2v) is 7.43. The number of amides is 2. The van der Waals surface area contributed by atoms with Crippen LogP contribution >= 0.6 is 23.4 Å². The Labute approximate surface area is 168 Å². The third-order valence-corrected chi connectivity index (χ3v) is 4.84. The monoisotopic (exact) mass is 406 g/mol. The van der Waals surface area contributed by atoms with Crippen LogP contribution in [0.1, 0.15) is 22.3 Å². The Hall–Kier alpha value is -2.18. The summed E-state index contributed by atoms with van der Waals surface area (Å²) in [5.41, 5.74) is 2.05. The molecule has 0 bridgehead atoms. The lowest BCUT2D eigenvalue weighted by atomic mass is 10.1. The van der Waals surface area contributed by atoms with Gasteiger partial charge in [0.05, 0.1) is 12.8 Å². The molecule has 0 radical (unpaired) electrons. The average Bonchev–Trinajstić information content (AvgIpc) is 2.65. The molecule has 0 saturated carbocycles. The molecule has 0 spiro atoms. The van der Waals surface area contributed by atoms with E-state index in [-0.39, 0.29) is 11.8 Å². The summed E-state index contributed by atoms with van der Waals surface area (Å²) in [6.45, 7) is 1.95. The normalized spacial score (nSPS) is 11.6. The van der Waals surface area contributed by atoms with Crippen LogP contribution in [0.25, 0.3) is 0 Å². The summed E-state index contributed by atoms with van der Waals surface area (Å²) in [6.07, 6.45) is 2.46. The summed E-state index contributed by atoms with van der Waals surface area (Å²) in [5.74, 6) is 0.638. The van der Waals surface area contributed by atoms with Crippen LogP contribution in [0.15, 0.2) is 42.5 Å². The lowest BCUT2D eigenvalue weighted by Gasteiger charge is -2.19. The Morgan fingerprint density at radius 3 is 2.52 bits per heavy atom. The summed E-state index contributed by atoms with van der Waals surface area (Å²) in [6, 6.07) is 11.5. The quantitative estimate of drug-likeness (QED) is 0.691. The maximum absolute atomic E-state index is 12.8. The van der Waals surface area contributed by atoms with Gasteiger partial charge in [-0.2, -0.15) is 11.8 Å². The van der Waals surface area contributed by atoms with Gasteiger partial charge in [0.2, 0.25) is 5.91 Å². The zero-order valence-electron chi connectivity index (χ0n) is 15.5. The van der Waals surface area contributed by atoms with E-state index in [4.69, 9.17) is 16.3 Å². The Kier molecular flexibility index (Phi) is 8.00. The highest BCUT2D eigenvalue weighted by molar-refractivity contribution is 7.98. The fourth-order valence-corrected chi connectivity index (χ4v) is 3.09. The van der Waals surface area contributed by atoms with Gasteiger partial charge < -0.3 is 15.4 Å². The minimum absolute atomic E-state index is 0.283. The molecular formula is C20H23ClN2O3S. The molecule has 2 N–H and O–H groups in total. The Balaban J connectivity index is 2.14. The molecule has 2 aromatic rings. The minimum Gasteiger partial charge on any atom is -0.495 e. The van der Waals surface area contributed by atoms with Gasteiger partial charge in [0, 0.05) is 10.6 Å². The van der Waals surface area contributed by atoms with Crippen molar-refractivity contribution in [1.29, 1.82) is 0 Å². The highest BCUT2D eigenvalue weighted by atomic mass is 35.5. The molecule has 0 aliphatic carbocycles. The van der Waals surface area contributed by atoms with Gasteiger partial charge in [-0.3, -0.25) is 9.59 Å². The van der Waals surface area contributed by atoms with Crippen LogP contribution in [-0.2, 0) is 4.79 Å². The van der Waals surface area contributed by atoms with Crippen LogP contribution in [0.4, 0.5) is 5.69 Å². The van der Waals surface area contributed by atoms with E-state index in [0.717, 1.165) is 11.3 Å². The molecule has 0 unspecified atom stereocenters. The van der Waals surface area contributed by atoms with E-state index in [1.807, 2.05) is 25.3 Å². The standard InChI is InChI=1S/C20H23ClN2O3S/c1-13-4-6-14(7-5-13)19(24)22-16(10-11-27-3)20(25)23-17-12-15(21)8-9-18(17)26-2/h4-9,12,16H,10-11H2,1-3H3,(H,22,24)(H,23,25)/t16-/m0/s1. The summed E-state index contributed by atoms with van der Waals surface area (Å²) < 4.78 is 5.26. The molecule has 0 aromatic heterocycles. The number of halogens is 1. The van der Waals surface area contributed by atoms with Crippen molar-refractivity contribution in [2.75, 3.05) is 24.4 Å². The van der Waals surface area contributed by atoms with Crippen molar-refractivity contribution >= 4 is 40.9 Å². The Bertz CT molecular complexity index is 796. The maximum atomic E-state index is 12.8. The first-order valence-corrected chi connectivity index (χ1v) is 10.2. The highest BCUT2D eigenvalue weighted by Crippen LogP contribution is 2.27. The van der Waals surface area contributed by atoms with Gasteiger partial charge in [-0.1, -0.05) is 29.3 Å². The molecule has 0 heterocycles. The third kappa shape index (κ3) is 6.19. The van der Waals surface area contributed by atoms with Crippen molar-refractivity contribution in [3.05, 3.63) is 58.6 Å². The number of ether oxygens (including phenoxy) is 1. The molecule has 2 amide bonds. The topological polar surface area (TPSA) is 67.4 Å². The lowest BCUT2D eigenvalue weighted by molar-refractivity contribution is -0.118. The van der Waals surface area contributed by atoms with E-state index in [1.54, 1.807) is 42.1 Å². The molecule has 0 aliphatic heterocycles. The predicted molar refractivity (Wildman–Crippen MR) is 112 cm³/mol. The number of carbonyl (C=O) groups excluding carboxylic acids is 2. The van der Waals surface area contributed by atoms with E-state index < -0.39 is 6.04 Å². The predicted octanol–water partition coefficient (Wildman–Crippen LogP) is 4.15. The number of hydrogen-bond acceptors (Lipinski definition) is 4. The van der Waals surface area contributed by atoms with Crippen molar-refractivity contribution in [1.82, 2.24) is 5.32 Å². The number of aryl methyl sites for hydroxylation is 1. The second kappa shape index (κ2) is 10.2. The fourth-order valence-electron chi connectivity index (χ4n) is 2.45. The first-order chi connectivity index (χ1) is 12.9. The summed E-state index contributed by atoms with van der Waals surface area (Å²) in [7, 11) is 1.52. The fraction of sp³-hybridized carbons (Fsp3) is 0.300. The number of rotatable bonds is 8. The lowest BCUT2D eigenvalue weighted by Crippen LogP contribution is -2.44. The third-order valence-electron chi connectivity index (χ3n) is 3.97. The van der Waals surface area contributed by atoms with E-state index >= 15 is 0 Å². The molecule has 0 aliphatic rings. The van der Waals surface area contributed by atoms with Gasteiger partial charge in [0.1, 0.15) is 11.8 Å². The zero-order chi connectivity index (χ0) is 19.8. The molecule has 0 fully saturated rings. The van der Waals surface area contributed by atoms with Crippen molar-refractivity contribution in [2.45, 2.75) is 19.4 Å². The molecule has 5 nitrogen and oxygen atoms in total. The molecule has 0 saturated heterocycles. The van der Waals surface area contributed by atoms with Crippen molar-refractivity contribution < 1.29 is 14.3 Å². The minimum atomic E-state index is -0.671. The summed E-state index contributed by atoms with van der Waals surface area (Å²) in [5, 5.41) is 6.11. The molecule has 7 heteroatoms.